The zero-order chi connectivity index (χ0) is 15.2. The van der Waals surface area contributed by atoms with Gasteiger partial charge in [0.15, 0.2) is 10.8 Å². The van der Waals surface area contributed by atoms with Gasteiger partial charge in [-0.3, -0.25) is 0 Å². The minimum atomic E-state index is -0.377. The molecular weight excluding hydrogens is 288 g/mol. The molecule has 1 heterocycles. The fourth-order valence-electron chi connectivity index (χ4n) is 1.81. The van der Waals surface area contributed by atoms with Gasteiger partial charge in [-0.25, -0.2) is 9.78 Å². The van der Waals surface area contributed by atoms with Gasteiger partial charge in [-0.2, -0.15) is 0 Å². The molecule has 0 spiro atoms. The van der Waals surface area contributed by atoms with Crippen molar-refractivity contribution in [1.29, 1.82) is 0 Å². The molecule has 0 unspecified atom stereocenters. The number of benzene rings is 1. The summed E-state index contributed by atoms with van der Waals surface area (Å²) >= 11 is 1.43. The van der Waals surface area contributed by atoms with Crippen LogP contribution in [-0.4, -0.2) is 31.7 Å². The number of carbonyl (C=O) groups is 1. The van der Waals surface area contributed by atoms with E-state index in [1.165, 1.54) is 11.3 Å². The summed E-state index contributed by atoms with van der Waals surface area (Å²) in [4.78, 5) is 17.9. The molecule has 0 aliphatic carbocycles. The van der Waals surface area contributed by atoms with Gasteiger partial charge in [0.2, 0.25) is 0 Å². The molecule has 0 N–H and O–H groups in total. The molecule has 2 rings (SSSR count). The van der Waals surface area contributed by atoms with Crippen molar-refractivity contribution in [3.63, 3.8) is 0 Å². The number of hydrogen-bond acceptors (Lipinski definition) is 6. The highest BCUT2D eigenvalue weighted by atomic mass is 32.1. The van der Waals surface area contributed by atoms with Crippen LogP contribution in [0.2, 0.25) is 0 Å². The first-order valence-corrected chi connectivity index (χ1v) is 7.48. The van der Waals surface area contributed by atoms with Crippen molar-refractivity contribution < 1.29 is 14.3 Å². The number of ether oxygens (including phenoxy) is 2. The van der Waals surface area contributed by atoms with Crippen LogP contribution in [0.25, 0.3) is 0 Å². The largest absolute Gasteiger partial charge is 0.497 e. The van der Waals surface area contributed by atoms with E-state index in [9.17, 15) is 4.79 Å². The number of hydrogen-bond donors (Lipinski definition) is 0. The van der Waals surface area contributed by atoms with E-state index in [0.29, 0.717) is 18.8 Å². The van der Waals surface area contributed by atoms with E-state index in [0.717, 1.165) is 16.4 Å². The molecule has 112 valence electrons. The zero-order valence-electron chi connectivity index (χ0n) is 12.3. The highest BCUT2D eigenvalue weighted by Crippen LogP contribution is 2.22. The van der Waals surface area contributed by atoms with Crippen molar-refractivity contribution in [2.75, 3.05) is 25.7 Å². The van der Waals surface area contributed by atoms with E-state index in [4.69, 9.17) is 9.47 Å². The zero-order valence-corrected chi connectivity index (χ0v) is 13.1. The van der Waals surface area contributed by atoms with Crippen LogP contribution in [0.3, 0.4) is 0 Å². The van der Waals surface area contributed by atoms with E-state index in [1.807, 2.05) is 36.2 Å². The Morgan fingerprint density at radius 1 is 1.33 bits per heavy atom. The summed E-state index contributed by atoms with van der Waals surface area (Å²) in [6, 6.07) is 7.87. The van der Waals surface area contributed by atoms with Crippen LogP contribution in [0.5, 0.6) is 5.75 Å². The Morgan fingerprint density at radius 3 is 2.67 bits per heavy atom. The molecule has 0 radical (unpaired) electrons. The first kappa shape index (κ1) is 15.3. The van der Waals surface area contributed by atoms with Crippen LogP contribution in [-0.2, 0) is 11.3 Å². The quantitative estimate of drug-likeness (QED) is 0.768. The van der Waals surface area contributed by atoms with Crippen molar-refractivity contribution in [3.8, 4) is 5.75 Å². The number of esters is 1. The molecule has 0 aliphatic heterocycles. The van der Waals surface area contributed by atoms with Gasteiger partial charge >= 0.3 is 5.97 Å². The summed E-state index contributed by atoms with van der Waals surface area (Å²) in [5.41, 5.74) is 1.50. The van der Waals surface area contributed by atoms with E-state index >= 15 is 0 Å². The molecule has 21 heavy (non-hydrogen) atoms. The normalized spacial score (nSPS) is 10.2. The van der Waals surface area contributed by atoms with E-state index in [1.54, 1.807) is 19.4 Å². The third-order valence-corrected chi connectivity index (χ3v) is 3.84. The van der Waals surface area contributed by atoms with Gasteiger partial charge in [-0.15, -0.1) is 11.3 Å². The summed E-state index contributed by atoms with van der Waals surface area (Å²) in [6.07, 6.45) is 0. The molecule has 0 saturated carbocycles. The molecule has 0 atom stereocenters. The predicted octanol–water partition coefficient (Wildman–Crippen LogP) is 2.96. The maximum absolute atomic E-state index is 11.6. The maximum atomic E-state index is 11.6. The fourth-order valence-corrected chi connectivity index (χ4v) is 2.57. The number of aromatic nitrogens is 1. The number of nitrogens with zero attached hydrogens (tertiary/aromatic N) is 2. The summed E-state index contributed by atoms with van der Waals surface area (Å²) in [5.74, 6) is 0.457. The average Bonchev–Trinajstić information content (AvgIpc) is 2.98. The van der Waals surface area contributed by atoms with Crippen molar-refractivity contribution in [3.05, 3.63) is 40.9 Å². The lowest BCUT2D eigenvalue weighted by atomic mass is 10.2. The number of anilines is 1. The van der Waals surface area contributed by atoms with Gasteiger partial charge in [-0.1, -0.05) is 12.1 Å². The van der Waals surface area contributed by atoms with E-state index in [-0.39, 0.29) is 5.97 Å². The Balaban J connectivity index is 2.02. The van der Waals surface area contributed by atoms with Crippen molar-refractivity contribution in [2.45, 2.75) is 13.5 Å². The lowest BCUT2D eigenvalue weighted by Crippen LogP contribution is -2.16. The highest BCUT2D eigenvalue weighted by molar-refractivity contribution is 7.13. The van der Waals surface area contributed by atoms with Crippen molar-refractivity contribution in [1.82, 2.24) is 4.98 Å². The number of rotatable bonds is 6. The van der Waals surface area contributed by atoms with Gasteiger partial charge < -0.3 is 14.4 Å². The van der Waals surface area contributed by atoms with Gasteiger partial charge in [0.05, 0.1) is 13.7 Å². The molecule has 0 fully saturated rings. The smallest absolute Gasteiger partial charge is 0.357 e. The number of thiazole rings is 1. The monoisotopic (exact) mass is 306 g/mol. The van der Waals surface area contributed by atoms with E-state index < -0.39 is 0 Å². The Kier molecular flexibility index (Phi) is 5.16. The Hall–Kier alpha value is -2.08. The summed E-state index contributed by atoms with van der Waals surface area (Å²) in [5, 5.41) is 2.51. The molecule has 0 bridgehead atoms. The lowest BCUT2D eigenvalue weighted by Gasteiger charge is -2.15. The summed E-state index contributed by atoms with van der Waals surface area (Å²) in [6.45, 7) is 2.84. The SMILES string of the molecule is CCOC(=O)c1csc(N(C)Cc2ccc(OC)cc2)n1. The fraction of sp³-hybridized carbons (Fsp3) is 0.333. The average molecular weight is 306 g/mol. The van der Waals surface area contributed by atoms with Crippen LogP contribution in [0.1, 0.15) is 23.0 Å². The van der Waals surface area contributed by atoms with Gasteiger partial charge in [0, 0.05) is 19.0 Å². The third kappa shape index (κ3) is 3.95. The van der Waals surface area contributed by atoms with Crippen LogP contribution in [0.4, 0.5) is 5.13 Å². The van der Waals surface area contributed by atoms with E-state index in [2.05, 4.69) is 4.98 Å². The summed E-state index contributed by atoms with van der Waals surface area (Å²) < 4.78 is 10.1. The maximum Gasteiger partial charge on any atom is 0.357 e. The second kappa shape index (κ2) is 7.08. The van der Waals surface area contributed by atoms with Crippen molar-refractivity contribution in [2.24, 2.45) is 0 Å². The van der Waals surface area contributed by atoms with Gasteiger partial charge in [-0.05, 0) is 24.6 Å². The second-order valence-electron chi connectivity index (χ2n) is 4.44. The molecule has 0 saturated heterocycles. The third-order valence-electron chi connectivity index (χ3n) is 2.88. The van der Waals surface area contributed by atoms with Crippen molar-refractivity contribution >= 4 is 22.4 Å². The standard InChI is InChI=1S/C15H18N2O3S/c1-4-20-14(18)13-10-21-15(16-13)17(2)9-11-5-7-12(19-3)8-6-11/h5-8,10H,4,9H2,1-3H3. The van der Waals surface area contributed by atoms with Crippen LogP contribution < -0.4 is 9.64 Å². The molecule has 0 aliphatic rings. The number of methoxy groups -OCH3 is 1. The summed E-state index contributed by atoms with van der Waals surface area (Å²) in [7, 11) is 3.59. The molecule has 0 amide bonds. The molecule has 1 aromatic heterocycles. The minimum Gasteiger partial charge on any atom is -0.497 e. The Labute approximate surface area is 128 Å². The first-order valence-electron chi connectivity index (χ1n) is 6.60. The Bertz CT molecular complexity index is 595. The molecule has 2 aromatic rings. The Morgan fingerprint density at radius 2 is 2.05 bits per heavy atom. The minimum absolute atomic E-state index is 0.355. The topological polar surface area (TPSA) is 51.7 Å². The molecule has 5 nitrogen and oxygen atoms in total. The molecular formula is C15H18N2O3S. The van der Waals surface area contributed by atoms with Crippen LogP contribution in [0, 0.1) is 0 Å². The van der Waals surface area contributed by atoms with Crippen LogP contribution in [0.15, 0.2) is 29.6 Å². The highest BCUT2D eigenvalue weighted by Gasteiger charge is 2.14. The number of carbonyl (C=O) groups excluding carboxylic acids is 1. The van der Waals surface area contributed by atoms with Gasteiger partial charge in [0.25, 0.3) is 0 Å². The molecule has 1 aromatic carbocycles. The molecule has 6 heteroatoms. The van der Waals surface area contributed by atoms with Crippen LogP contribution >= 0.6 is 11.3 Å². The lowest BCUT2D eigenvalue weighted by molar-refractivity contribution is 0.0520. The second-order valence-corrected chi connectivity index (χ2v) is 5.28. The predicted molar refractivity (Wildman–Crippen MR) is 83.2 cm³/mol. The van der Waals surface area contributed by atoms with Gasteiger partial charge in [0.1, 0.15) is 5.75 Å². The first-order chi connectivity index (χ1) is 10.1.